The molecule has 0 saturated heterocycles. The predicted molar refractivity (Wildman–Crippen MR) is 204 cm³/mol. The smallest absolute Gasteiger partial charge is 0.0739 e. The van der Waals surface area contributed by atoms with Gasteiger partial charge >= 0.3 is 0 Å². The Hall–Kier alpha value is -0.280. The first-order valence-corrected chi connectivity index (χ1v) is 22.2. The highest BCUT2D eigenvalue weighted by Gasteiger charge is 2.12. The molecule has 256 valence electrons. The zero-order chi connectivity index (χ0) is 32.5. The second kappa shape index (κ2) is 26.6. The molecule has 0 bridgehead atoms. The van der Waals surface area contributed by atoms with Crippen molar-refractivity contribution >= 4 is 47.0 Å². The van der Waals surface area contributed by atoms with Crippen LogP contribution in [-0.2, 0) is 40.3 Å². The van der Waals surface area contributed by atoms with Gasteiger partial charge in [-0.25, -0.2) is 0 Å². The first-order valence-electron chi connectivity index (χ1n) is 17.3. The van der Waals surface area contributed by atoms with Crippen LogP contribution >= 0.6 is 47.0 Å². The van der Waals surface area contributed by atoms with Gasteiger partial charge in [0.15, 0.2) is 0 Å². The fraction of sp³-hybridized carbons (Fsp3) is 0.684. The summed E-state index contributed by atoms with van der Waals surface area (Å²) in [4.78, 5) is 5.40. The van der Waals surface area contributed by atoms with Crippen LogP contribution in [0.2, 0.25) is 0 Å². The maximum atomic E-state index is 6.08. The topological polar surface area (TPSA) is 27.7 Å². The molecule has 2 aromatic rings. The Kier molecular flexibility index (Phi) is 24.2. The highest BCUT2D eigenvalue weighted by Crippen LogP contribution is 2.34. The lowest BCUT2D eigenvalue weighted by atomic mass is 10.0. The van der Waals surface area contributed by atoms with Gasteiger partial charge in [0.1, 0.15) is 0 Å². The van der Waals surface area contributed by atoms with Crippen molar-refractivity contribution in [1.82, 2.24) is 0 Å². The lowest BCUT2D eigenvalue weighted by Crippen LogP contribution is -2.10. The van der Waals surface area contributed by atoms with E-state index in [0.717, 1.165) is 0 Å². The van der Waals surface area contributed by atoms with Crippen molar-refractivity contribution in [2.45, 2.75) is 137 Å². The first-order chi connectivity index (χ1) is 22.1. The molecule has 0 aliphatic carbocycles. The van der Waals surface area contributed by atoms with Gasteiger partial charge in [-0.05, 0) is 86.1 Å². The molecule has 3 nitrogen and oxygen atoms in total. The summed E-state index contributed by atoms with van der Waals surface area (Å²) in [6, 6.07) is 9.54. The van der Waals surface area contributed by atoms with Crippen molar-refractivity contribution in [3.05, 3.63) is 46.5 Å². The Morgan fingerprint density at radius 1 is 0.422 bits per heavy atom. The Morgan fingerprint density at radius 2 is 0.733 bits per heavy atom. The van der Waals surface area contributed by atoms with Gasteiger partial charge in [0, 0.05) is 30.7 Å². The van der Waals surface area contributed by atoms with Crippen LogP contribution in [0, 0.1) is 0 Å². The molecule has 0 spiro atoms. The van der Waals surface area contributed by atoms with Gasteiger partial charge in [0.25, 0.3) is 0 Å². The number of rotatable bonds is 28. The van der Waals surface area contributed by atoms with Crippen LogP contribution in [0.5, 0.6) is 0 Å². The number of unbranched alkanes of at least 4 members (excludes halogenated alkanes) is 10. The molecule has 0 aliphatic heterocycles. The largest absolute Gasteiger partial charge is 0.377 e. The molecule has 0 atom stereocenters. The molecular weight excluding hydrogens is 633 g/mol. The van der Waals surface area contributed by atoms with Gasteiger partial charge in [-0.1, -0.05) is 78.1 Å². The third-order valence-corrected chi connectivity index (χ3v) is 11.4. The van der Waals surface area contributed by atoms with Crippen LogP contribution in [-0.4, -0.2) is 51.5 Å². The monoisotopic (exact) mass is 694 g/mol. The third-order valence-electron chi connectivity index (χ3n) is 8.21. The van der Waals surface area contributed by atoms with E-state index in [-0.39, 0.29) is 0 Å². The highest BCUT2D eigenvalue weighted by molar-refractivity contribution is 7.99. The summed E-state index contributed by atoms with van der Waals surface area (Å²) >= 11 is 7.33. The average molecular weight is 695 g/mol. The second-order valence-corrected chi connectivity index (χ2v) is 15.1. The minimum atomic E-state index is 0.585. The minimum Gasteiger partial charge on any atom is -0.377 e. The van der Waals surface area contributed by atoms with E-state index in [1.165, 1.54) is 132 Å². The molecule has 0 heterocycles. The first kappa shape index (κ1) is 40.9. The van der Waals surface area contributed by atoms with Crippen molar-refractivity contribution in [2.24, 2.45) is 0 Å². The van der Waals surface area contributed by atoms with Gasteiger partial charge in [-0.3, -0.25) is 0 Å². The Balaban J connectivity index is 1.71. The molecule has 2 aromatic carbocycles. The van der Waals surface area contributed by atoms with Gasteiger partial charge in [-0.2, -0.15) is 0 Å². The van der Waals surface area contributed by atoms with E-state index in [2.05, 4.69) is 63.1 Å². The molecule has 45 heavy (non-hydrogen) atoms. The Bertz CT molecular complexity index is 914. The lowest BCUT2D eigenvalue weighted by Gasteiger charge is -2.16. The van der Waals surface area contributed by atoms with E-state index >= 15 is 0 Å². The van der Waals surface area contributed by atoms with E-state index in [0.29, 0.717) is 39.6 Å². The maximum absolute atomic E-state index is 6.08. The molecule has 0 N–H and O–H groups in total. The van der Waals surface area contributed by atoms with Crippen molar-refractivity contribution in [3.63, 3.8) is 0 Å². The molecule has 2 rings (SSSR count). The predicted octanol–water partition coefficient (Wildman–Crippen LogP) is 12.1. The quantitative estimate of drug-likeness (QED) is 0.0646. The van der Waals surface area contributed by atoms with Crippen molar-refractivity contribution in [3.8, 4) is 0 Å². The molecule has 0 radical (unpaired) electrons. The summed E-state index contributed by atoms with van der Waals surface area (Å²) in [7, 11) is 0. The van der Waals surface area contributed by atoms with E-state index in [1.54, 1.807) is 0 Å². The second-order valence-electron chi connectivity index (χ2n) is 11.7. The summed E-state index contributed by atoms with van der Waals surface area (Å²) in [5, 5.41) is 0. The van der Waals surface area contributed by atoms with Crippen LogP contribution in [0.25, 0.3) is 0 Å². The fourth-order valence-electron chi connectivity index (χ4n) is 5.56. The molecule has 0 saturated carbocycles. The minimum absolute atomic E-state index is 0.585. The number of hydrogen-bond acceptors (Lipinski definition) is 7. The summed E-state index contributed by atoms with van der Waals surface area (Å²) in [5.41, 5.74) is 5.56. The van der Waals surface area contributed by atoms with Crippen molar-refractivity contribution in [2.75, 3.05) is 51.5 Å². The van der Waals surface area contributed by atoms with Crippen LogP contribution in [0.15, 0.2) is 43.8 Å². The van der Waals surface area contributed by atoms with E-state index < -0.39 is 0 Å². The van der Waals surface area contributed by atoms with Crippen LogP contribution < -0.4 is 0 Å². The standard InChI is InChI=1S/C38H62O3S4/c1-7-9-11-13-15-17-19-31-25-35(42-3)33(36(26-31)43-4)29-40-23-21-39-22-24-41-30-34-37(44-5)27-32(28-38(34)45-6)20-18-16-14-12-10-8-2/h25-28H,7-24,29-30H2,1-6H3. The van der Waals surface area contributed by atoms with E-state index in [1.807, 2.05) is 47.0 Å². The van der Waals surface area contributed by atoms with Gasteiger partial charge in [0.05, 0.1) is 39.6 Å². The molecule has 0 fully saturated rings. The normalized spacial score (nSPS) is 11.5. The van der Waals surface area contributed by atoms with Crippen molar-refractivity contribution < 1.29 is 14.2 Å². The number of aryl methyl sites for hydroxylation is 2. The van der Waals surface area contributed by atoms with Gasteiger partial charge in [0.2, 0.25) is 0 Å². The highest BCUT2D eigenvalue weighted by atomic mass is 32.2. The number of hydrogen-bond donors (Lipinski definition) is 0. The average Bonchev–Trinajstić information content (AvgIpc) is 3.07. The fourth-order valence-corrected chi connectivity index (χ4v) is 8.42. The summed E-state index contributed by atoms with van der Waals surface area (Å²) in [6.45, 7) is 8.18. The van der Waals surface area contributed by atoms with Gasteiger partial charge < -0.3 is 14.2 Å². The number of ether oxygens (including phenoxy) is 3. The molecule has 0 aliphatic rings. The van der Waals surface area contributed by atoms with E-state index in [4.69, 9.17) is 14.2 Å². The summed E-state index contributed by atoms with van der Waals surface area (Å²) in [6.07, 6.45) is 27.1. The number of thioether (sulfide) groups is 4. The van der Waals surface area contributed by atoms with Crippen LogP contribution in [0.3, 0.4) is 0 Å². The summed E-state index contributed by atoms with van der Waals surface area (Å²) < 4.78 is 18.0. The molecule has 7 heteroatoms. The molecular formula is C38H62O3S4. The van der Waals surface area contributed by atoms with Gasteiger partial charge in [-0.15, -0.1) is 47.0 Å². The van der Waals surface area contributed by atoms with Crippen molar-refractivity contribution in [1.29, 1.82) is 0 Å². The molecule has 0 unspecified atom stereocenters. The Labute approximate surface area is 294 Å². The number of benzene rings is 2. The zero-order valence-electron chi connectivity index (χ0n) is 29.3. The SMILES string of the molecule is CCCCCCCCc1cc(SC)c(COCCOCCOCc2c(SC)cc(CCCCCCCC)cc2SC)c(SC)c1. The maximum Gasteiger partial charge on any atom is 0.0739 e. The lowest BCUT2D eigenvalue weighted by molar-refractivity contribution is 0.00578. The van der Waals surface area contributed by atoms with Crippen LogP contribution in [0.4, 0.5) is 0 Å². The molecule has 0 aromatic heterocycles. The Morgan fingerprint density at radius 3 is 1.07 bits per heavy atom. The zero-order valence-corrected chi connectivity index (χ0v) is 32.6. The summed E-state index contributed by atoms with van der Waals surface area (Å²) in [5.74, 6) is 0. The van der Waals surface area contributed by atoms with E-state index in [9.17, 15) is 0 Å². The molecule has 0 amide bonds. The third kappa shape index (κ3) is 16.6. The van der Waals surface area contributed by atoms with Crippen LogP contribution in [0.1, 0.15) is 113 Å².